The van der Waals surface area contributed by atoms with Crippen LogP contribution in [0.2, 0.25) is 0 Å². The van der Waals surface area contributed by atoms with Crippen molar-refractivity contribution in [2.24, 2.45) is 0 Å². The summed E-state index contributed by atoms with van der Waals surface area (Å²) in [5.74, 6) is -0.379. The number of hydrogen-bond acceptors (Lipinski definition) is 3. The smallest absolute Gasteiger partial charge is 0.308 e. The average Bonchev–Trinajstić information content (AvgIpc) is 2.59. The number of carbonyl (C=O) groups excluding carboxylic acids is 1. The van der Waals surface area contributed by atoms with Crippen molar-refractivity contribution in [3.05, 3.63) is 60.2 Å². The van der Waals surface area contributed by atoms with Crippen LogP contribution in [0.5, 0.6) is 0 Å². The summed E-state index contributed by atoms with van der Waals surface area (Å²) in [5.41, 5.74) is 0.772. The highest BCUT2D eigenvalue weighted by Gasteiger charge is 2.18. The predicted molar refractivity (Wildman–Crippen MR) is 96.4 cm³/mol. The van der Waals surface area contributed by atoms with Crippen LogP contribution in [-0.2, 0) is 9.53 Å². The Morgan fingerprint density at radius 2 is 1.58 bits per heavy atom. The highest BCUT2D eigenvalue weighted by atomic mass is 16.5. The molecule has 0 aliphatic rings. The second kappa shape index (κ2) is 5.77. The molecule has 0 spiro atoms. The molecular formula is C21H18O3. The number of aliphatic hydroxyl groups is 1. The fourth-order valence-electron chi connectivity index (χ4n) is 3.54. The SMILES string of the molecule is CCOC(=O)CC(O)c1ccc2ccc3cccc4ccc1c2c34. The summed E-state index contributed by atoms with van der Waals surface area (Å²) in [7, 11) is 0. The summed E-state index contributed by atoms with van der Waals surface area (Å²) in [6.07, 6.45) is -0.897. The molecule has 0 saturated heterocycles. The van der Waals surface area contributed by atoms with E-state index in [0.29, 0.717) is 6.61 Å². The van der Waals surface area contributed by atoms with E-state index in [1.54, 1.807) is 6.92 Å². The zero-order valence-corrected chi connectivity index (χ0v) is 13.5. The number of hydrogen-bond donors (Lipinski definition) is 1. The van der Waals surface area contributed by atoms with E-state index in [9.17, 15) is 9.90 Å². The Morgan fingerprint density at radius 3 is 2.29 bits per heavy atom. The fourth-order valence-corrected chi connectivity index (χ4v) is 3.54. The largest absolute Gasteiger partial charge is 0.466 e. The van der Waals surface area contributed by atoms with Gasteiger partial charge in [-0.15, -0.1) is 0 Å². The van der Waals surface area contributed by atoms with Crippen molar-refractivity contribution in [3.63, 3.8) is 0 Å². The Morgan fingerprint density at radius 1 is 0.958 bits per heavy atom. The molecule has 0 bridgehead atoms. The highest BCUT2D eigenvalue weighted by Crippen LogP contribution is 2.37. The van der Waals surface area contributed by atoms with Crippen LogP contribution in [0.4, 0.5) is 0 Å². The van der Waals surface area contributed by atoms with E-state index in [4.69, 9.17) is 4.74 Å². The number of aliphatic hydroxyl groups excluding tert-OH is 1. The molecule has 0 saturated carbocycles. The van der Waals surface area contributed by atoms with Crippen molar-refractivity contribution >= 4 is 38.3 Å². The van der Waals surface area contributed by atoms with Gasteiger partial charge in [0.15, 0.2) is 0 Å². The van der Waals surface area contributed by atoms with Crippen molar-refractivity contribution in [3.8, 4) is 0 Å². The highest BCUT2D eigenvalue weighted by molar-refractivity contribution is 6.23. The lowest BCUT2D eigenvalue weighted by atomic mass is 9.90. The molecule has 4 aromatic carbocycles. The van der Waals surface area contributed by atoms with Crippen molar-refractivity contribution in [2.45, 2.75) is 19.4 Å². The summed E-state index contributed by atoms with van der Waals surface area (Å²) < 4.78 is 4.96. The van der Waals surface area contributed by atoms with Crippen molar-refractivity contribution in [1.82, 2.24) is 0 Å². The van der Waals surface area contributed by atoms with Gasteiger partial charge in [0.2, 0.25) is 0 Å². The van der Waals surface area contributed by atoms with Crippen LogP contribution in [0.1, 0.15) is 25.0 Å². The molecule has 1 unspecified atom stereocenters. The van der Waals surface area contributed by atoms with Crippen LogP contribution in [0, 0.1) is 0 Å². The molecule has 3 heteroatoms. The lowest BCUT2D eigenvalue weighted by Crippen LogP contribution is -2.10. The third-order valence-corrected chi connectivity index (χ3v) is 4.59. The van der Waals surface area contributed by atoms with Crippen LogP contribution >= 0.6 is 0 Å². The third-order valence-electron chi connectivity index (χ3n) is 4.59. The van der Waals surface area contributed by atoms with E-state index in [0.717, 1.165) is 21.7 Å². The van der Waals surface area contributed by atoms with E-state index in [1.165, 1.54) is 16.2 Å². The summed E-state index contributed by atoms with van der Waals surface area (Å²) in [6.45, 7) is 2.09. The molecule has 120 valence electrons. The van der Waals surface area contributed by atoms with Gasteiger partial charge in [-0.2, -0.15) is 0 Å². The van der Waals surface area contributed by atoms with Gasteiger partial charge in [0.05, 0.1) is 19.1 Å². The van der Waals surface area contributed by atoms with Gasteiger partial charge < -0.3 is 9.84 Å². The first-order valence-electron chi connectivity index (χ1n) is 8.19. The standard InChI is InChI=1S/C21H18O3/c1-2-24-19(23)12-18(22)16-10-8-15-7-6-13-4-3-5-14-9-11-17(16)21(15)20(13)14/h3-11,18,22H,2,12H2,1H3. The second-order valence-corrected chi connectivity index (χ2v) is 6.04. The molecule has 4 rings (SSSR count). The number of benzene rings is 4. The monoisotopic (exact) mass is 318 g/mol. The van der Waals surface area contributed by atoms with E-state index in [2.05, 4.69) is 36.4 Å². The molecule has 0 radical (unpaired) electrons. The Balaban J connectivity index is 1.92. The van der Waals surface area contributed by atoms with Gasteiger partial charge in [-0.05, 0) is 44.8 Å². The van der Waals surface area contributed by atoms with E-state index in [-0.39, 0.29) is 12.4 Å². The predicted octanol–water partition coefficient (Wildman–Crippen LogP) is 4.57. The molecule has 0 aliphatic heterocycles. The van der Waals surface area contributed by atoms with Crippen LogP contribution in [0.15, 0.2) is 54.6 Å². The molecule has 0 fully saturated rings. The third kappa shape index (κ3) is 2.29. The first-order valence-corrected chi connectivity index (χ1v) is 8.19. The van der Waals surface area contributed by atoms with Crippen molar-refractivity contribution in [1.29, 1.82) is 0 Å². The summed E-state index contributed by atoms with van der Waals surface area (Å²) in [5, 5.41) is 17.4. The minimum absolute atomic E-state index is 0.0300. The van der Waals surface area contributed by atoms with Gasteiger partial charge in [0.1, 0.15) is 0 Å². The van der Waals surface area contributed by atoms with Gasteiger partial charge in [-0.3, -0.25) is 4.79 Å². The molecule has 1 N–H and O–H groups in total. The minimum Gasteiger partial charge on any atom is -0.466 e. The average molecular weight is 318 g/mol. The molecule has 0 aliphatic carbocycles. The van der Waals surface area contributed by atoms with Gasteiger partial charge >= 0.3 is 5.97 Å². The molecule has 4 aromatic rings. The van der Waals surface area contributed by atoms with Gasteiger partial charge in [-0.1, -0.05) is 54.6 Å². The van der Waals surface area contributed by atoms with Crippen LogP contribution in [-0.4, -0.2) is 17.7 Å². The summed E-state index contributed by atoms with van der Waals surface area (Å²) >= 11 is 0. The maximum Gasteiger partial charge on any atom is 0.308 e. The Bertz CT molecular complexity index is 1020. The molecule has 3 nitrogen and oxygen atoms in total. The first-order chi connectivity index (χ1) is 11.7. The number of rotatable bonds is 4. The molecule has 0 aromatic heterocycles. The lowest BCUT2D eigenvalue weighted by molar-refractivity contribution is -0.145. The summed E-state index contributed by atoms with van der Waals surface area (Å²) in [6, 6.07) is 18.5. The van der Waals surface area contributed by atoms with Crippen LogP contribution in [0.3, 0.4) is 0 Å². The maximum atomic E-state index is 11.7. The molecule has 24 heavy (non-hydrogen) atoms. The zero-order valence-electron chi connectivity index (χ0n) is 13.5. The summed E-state index contributed by atoms with van der Waals surface area (Å²) in [4.78, 5) is 11.7. The van der Waals surface area contributed by atoms with Crippen LogP contribution < -0.4 is 0 Å². The topological polar surface area (TPSA) is 46.5 Å². The minimum atomic E-state index is -0.867. The normalized spacial score (nSPS) is 12.9. The molecule has 0 heterocycles. The first kappa shape index (κ1) is 14.9. The van der Waals surface area contributed by atoms with E-state index >= 15 is 0 Å². The quantitative estimate of drug-likeness (QED) is 0.443. The Labute approximate surface area is 139 Å². The maximum absolute atomic E-state index is 11.7. The number of ether oxygens (including phenoxy) is 1. The molecule has 1 atom stereocenters. The Kier molecular flexibility index (Phi) is 3.58. The number of carbonyl (C=O) groups is 1. The zero-order chi connectivity index (χ0) is 16.7. The van der Waals surface area contributed by atoms with E-state index < -0.39 is 6.10 Å². The number of esters is 1. The van der Waals surface area contributed by atoms with Gasteiger partial charge in [-0.25, -0.2) is 0 Å². The second-order valence-electron chi connectivity index (χ2n) is 6.04. The van der Waals surface area contributed by atoms with Crippen molar-refractivity contribution in [2.75, 3.05) is 6.61 Å². The molecular weight excluding hydrogens is 300 g/mol. The van der Waals surface area contributed by atoms with Crippen LogP contribution in [0.25, 0.3) is 32.3 Å². The van der Waals surface area contributed by atoms with Gasteiger partial charge in [0.25, 0.3) is 0 Å². The lowest BCUT2D eigenvalue weighted by Gasteiger charge is -2.17. The fraction of sp³-hybridized carbons (Fsp3) is 0.190. The van der Waals surface area contributed by atoms with Crippen molar-refractivity contribution < 1.29 is 14.6 Å². The Hall–Kier alpha value is -2.65. The van der Waals surface area contributed by atoms with E-state index in [1.807, 2.05) is 18.2 Å². The van der Waals surface area contributed by atoms with Gasteiger partial charge in [0, 0.05) is 0 Å². The molecule has 0 amide bonds.